The molecule has 0 aliphatic rings. The van der Waals surface area contributed by atoms with E-state index in [0.717, 1.165) is 18.7 Å². The summed E-state index contributed by atoms with van der Waals surface area (Å²) >= 11 is 0. The highest BCUT2D eigenvalue weighted by molar-refractivity contribution is 5.94. The van der Waals surface area contributed by atoms with Gasteiger partial charge in [0.1, 0.15) is 0 Å². The molecule has 16 heavy (non-hydrogen) atoms. The molecule has 1 aromatic rings. The van der Waals surface area contributed by atoms with Crippen LogP contribution in [0.15, 0.2) is 18.3 Å². The Hall–Kier alpha value is -1.42. The predicted molar refractivity (Wildman–Crippen MR) is 62.3 cm³/mol. The Balaban J connectivity index is 2.78. The Morgan fingerprint density at radius 1 is 1.56 bits per heavy atom. The topological polar surface area (TPSA) is 53.4 Å². The summed E-state index contributed by atoms with van der Waals surface area (Å²) in [7, 11) is 1.79. The Labute approximate surface area is 95.9 Å². The van der Waals surface area contributed by atoms with E-state index in [0.29, 0.717) is 12.0 Å². The van der Waals surface area contributed by atoms with Gasteiger partial charge in [0.15, 0.2) is 0 Å². The van der Waals surface area contributed by atoms with E-state index in [4.69, 9.17) is 5.11 Å². The van der Waals surface area contributed by atoms with Crippen molar-refractivity contribution in [3.05, 3.63) is 29.6 Å². The van der Waals surface area contributed by atoms with Crippen LogP contribution in [0.5, 0.6) is 0 Å². The minimum absolute atomic E-state index is 0.00318. The van der Waals surface area contributed by atoms with Crippen molar-refractivity contribution >= 4 is 5.91 Å². The van der Waals surface area contributed by atoms with E-state index >= 15 is 0 Å². The van der Waals surface area contributed by atoms with Crippen molar-refractivity contribution in [3.8, 4) is 0 Å². The van der Waals surface area contributed by atoms with E-state index in [1.165, 1.54) is 0 Å². The summed E-state index contributed by atoms with van der Waals surface area (Å²) in [4.78, 5) is 17.7. The lowest BCUT2D eigenvalue weighted by molar-refractivity contribution is 0.0795. The van der Waals surface area contributed by atoms with Crippen LogP contribution >= 0.6 is 0 Å². The van der Waals surface area contributed by atoms with Gasteiger partial charge in [-0.1, -0.05) is 6.92 Å². The summed E-state index contributed by atoms with van der Waals surface area (Å²) in [5, 5.41) is 8.81. The number of rotatable bonds is 5. The fraction of sp³-hybridized carbons (Fsp3) is 0.500. The van der Waals surface area contributed by atoms with Crippen molar-refractivity contribution in [2.75, 3.05) is 20.2 Å². The second-order valence-electron chi connectivity index (χ2n) is 3.74. The maximum atomic E-state index is 11.9. The summed E-state index contributed by atoms with van der Waals surface area (Å²) in [6.45, 7) is 2.83. The van der Waals surface area contributed by atoms with E-state index < -0.39 is 0 Å². The number of hydrogen-bond acceptors (Lipinski definition) is 3. The second-order valence-corrected chi connectivity index (χ2v) is 3.74. The fourth-order valence-electron chi connectivity index (χ4n) is 1.52. The van der Waals surface area contributed by atoms with Crippen LogP contribution in [0.2, 0.25) is 0 Å². The summed E-state index contributed by atoms with van der Waals surface area (Å²) in [6, 6.07) is 3.44. The number of carbonyl (C=O) groups is 1. The SMILES string of the molecule is CCCN(C)C(=O)c1ccnc(CCO)c1. The van der Waals surface area contributed by atoms with Crippen molar-refractivity contribution in [1.29, 1.82) is 0 Å². The van der Waals surface area contributed by atoms with Gasteiger partial charge in [0.2, 0.25) is 0 Å². The van der Waals surface area contributed by atoms with Gasteiger partial charge in [-0.2, -0.15) is 0 Å². The second kappa shape index (κ2) is 6.23. The minimum Gasteiger partial charge on any atom is -0.396 e. The monoisotopic (exact) mass is 222 g/mol. The minimum atomic E-state index is 0.00318. The fourth-order valence-corrected chi connectivity index (χ4v) is 1.52. The van der Waals surface area contributed by atoms with Crippen molar-refractivity contribution in [3.63, 3.8) is 0 Å². The maximum Gasteiger partial charge on any atom is 0.253 e. The first kappa shape index (κ1) is 12.6. The lowest BCUT2D eigenvalue weighted by Gasteiger charge is -2.16. The van der Waals surface area contributed by atoms with Gasteiger partial charge in [0, 0.05) is 44.1 Å². The Kier molecular flexibility index (Phi) is 4.92. The Morgan fingerprint density at radius 3 is 2.94 bits per heavy atom. The molecule has 4 heteroatoms. The van der Waals surface area contributed by atoms with Gasteiger partial charge >= 0.3 is 0 Å². The molecule has 1 amide bonds. The zero-order valence-electron chi connectivity index (χ0n) is 9.81. The first-order chi connectivity index (χ1) is 7.69. The molecule has 1 N–H and O–H groups in total. The van der Waals surface area contributed by atoms with Gasteiger partial charge in [0.25, 0.3) is 5.91 Å². The van der Waals surface area contributed by atoms with E-state index in [9.17, 15) is 4.79 Å². The third-order valence-corrected chi connectivity index (χ3v) is 2.34. The van der Waals surface area contributed by atoms with E-state index in [1.807, 2.05) is 6.92 Å². The van der Waals surface area contributed by atoms with Crippen molar-refractivity contribution in [2.24, 2.45) is 0 Å². The van der Waals surface area contributed by atoms with Gasteiger partial charge in [-0.3, -0.25) is 9.78 Å². The summed E-state index contributed by atoms with van der Waals surface area (Å²) in [5.74, 6) is 0.00318. The third-order valence-electron chi connectivity index (χ3n) is 2.34. The molecule has 0 aromatic carbocycles. The number of hydrogen-bond donors (Lipinski definition) is 1. The first-order valence-electron chi connectivity index (χ1n) is 5.50. The molecule has 0 radical (unpaired) electrons. The average Bonchev–Trinajstić information content (AvgIpc) is 2.29. The normalized spacial score (nSPS) is 10.2. The van der Waals surface area contributed by atoms with E-state index in [2.05, 4.69) is 4.98 Å². The Bertz CT molecular complexity index is 353. The lowest BCUT2D eigenvalue weighted by atomic mass is 10.2. The number of nitrogens with zero attached hydrogens (tertiary/aromatic N) is 2. The molecular formula is C12H18N2O2. The molecule has 0 spiro atoms. The van der Waals surface area contributed by atoms with Crippen LogP contribution in [0.4, 0.5) is 0 Å². The number of amides is 1. The van der Waals surface area contributed by atoms with Crippen LogP contribution in [-0.4, -0.2) is 41.1 Å². The molecule has 0 saturated heterocycles. The van der Waals surface area contributed by atoms with Gasteiger partial charge in [-0.15, -0.1) is 0 Å². The van der Waals surface area contributed by atoms with Gasteiger partial charge in [-0.25, -0.2) is 0 Å². The van der Waals surface area contributed by atoms with Crippen LogP contribution < -0.4 is 0 Å². The smallest absolute Gasteiger partial charge is 0.253 e. The van der Waals surface area contributed by atoms with Crippen LogP contribution in [0.1, 0.15) is 29.4 Å². The number of aliphatic hydroxyl groups is 1. The number of aromatic nitrogens is 1. The van der Waals surface area contributed by atoms with Crippen LogP contribution in [0.3, 0.4) is 0 Å². The zero-order chi connectivity index (χ0) is 12.0. The van der Waals surface area contributed by atoms with Gasteiger partial charge < -0.3 is 10.0 Å². The summed E-state index contributed by atoms with van der Waals surface area (Å²) < 4.78 is 0. The molecule has 0 bridgehead atoms. The number of pyridine rings is 1. The largest absolute Gasteiger partial charge is 0.396 e. The van der Waals surface area contributed by atoms with Crippen molar-refractivity contribution in [2.45, 2.75) is 19.8 Å². The molecule has 1 aromatic heterocycles. The van der Waals surface area contributed by atoms with Crippen LogP contribution in [0, 0.1) is 0 Å². The number of carbonyl (C=O) groups excluding carboxylic acids is 1. The summed E-state index contributed by atoms with van der Waals surface area (Å²) in [6.07, 6.45) is 3.04. The van der Waals surface area contributed by atoms with E-state index in [1.54, 1.807) is 30.3 Å². The number of aliphatic hydroxyl groups excluding tert-OH is 1. The highest BCUT2D eigenvalue weighted by atomic mass is 16.3. The molecule has 0 fully saturated rings. The molecule has 1 rings (SSSR count). The highest BCUT2D eigenvalue weighted by Gasteiger charge is 2.11. The first-order valence-corrected chi connectivity index (χ1v) is 5.50. The van der Waals surface area contributed by atoms with Gasteiger partial charge in [0.05, 0.1) is 0 Å². The zero-order valence-corrected chi connectivity index (χ0v) is 9.81. The molecule has 4 nitrogen and oxygen atoms in total. The van der Waals surface area contributed by atoms with Crippen molar-refractivity contribution < 1.29 is 9.90 Å². The van der Waals surface area contributed by atoms with Crippen LogP contribution in [0.25, 0.3) is 0 Å². The average molecular weight is 222 g/mol. The quantitative estimate of drug-likeness (QED) is 0.811. The molecular weight excluding hydrogens is 204 g/mol. The lowest BCUT2D eigenvalue weighted by Crippen LogP contribution is -2.27. The molecule has 0 aliphatic carbocycles. The third kappa shape index (κ3) is 3.31. The van der Waals surface area contributed by atoms with Gasteiger partial charge in [-0.05, 0) is 18.6 Å². The molecule has 0 saturated carbocycles. The highest BCUT2D eigenvalue weighted by Crippen LogP contribution is 2.06. The molecule has 1 heterocycles. The van der Waals surface area contributed by atoms with E-state index in [-0.39, 0.29) is 12.5 Å². The van der Waals surface area contributed by atoms with Crippen LogP contribution in [-0.2, 0) is 6.42 Å². The Morgan fingerprint density at radius 2 is 2.31 bits per heavy atom. The molecule has 0 aliphatic heterocycles. The standard InChI is InChI=1S/C12H18N2O2/c1-3-7-14(2)12(16)10-4-6-13-11(9-10)5-8-15/h4,6,9,15H,3,5,7-8H2,1-2H3. The molecule has 88 valence electrons. The molecule has 0 unspecified atom stereocenters. The molecule has 0 atom stereocenters. The summed E-state index contributed by atoms with van der Waals surface area (Å²) in [5.41, 5.74) is 1.38. The maximum absolute atomic E-state index is 11.9. The predicted octanol–water partition coefficient (Wildman–Crippen LogP) is 1.10. The van der Waals surface area contributed by atoms with Crippen molar-refractivity contribution in [1.82, 2.24) is 9.88 Å².